The number of amides is 1. The Balaban J connectivity index is 1.77. The minimum atomic E-state index is -0.557. The number of carbonyl (C=O) groups excluding carboxylic acids is 2. The van der Waals surface area contributed by atoms with Crippen LogP contribution in [0.25, 0.3) is 11.0 Å². The summed E-state index contributed by atoms with van der Waals surface area (Å²) in [7, 11) is 0. The first-order chi connectivity index (χ1) is 13.1. The maximum atomic E-state index is 12.1. The molecule has 136 valence electrons. The molecule has 0 fully saturated rings. The van der Waals surface area contributed by atoms with E-state index in [1.54, 1.807) is 6.92 Å². The van der Waals surface area contributed by atoms with E-state index in [2.05, 4.69) is 20.3 Å². The van der Waals surface area contributed by atoms with Crippen molar-refractivity contribution in [2.75, 3.05) is 18.5 Å². The van der Waals surface area contributed by atoms with E-state index >= 15 is 0 Å². The second-order valence-corrected chi connectivity index (χ2v) is 6.20. The number of hydrogen-bond acceptors (Lipinski definition) is 5. The Kier molecular flexibility index (Phi) is 4.19. The highest BCUT2D eigenvalue weighted by molar-refractivity contribution is 6.23. The first kappa shape index (κ1) is 17.0. The van der Waals surface area contributed by atoms with Gasteiger partial charge in [-0.05, 0) is 25.5 Å². The fourth-order valence-electron chi connectivity index (χ4n) is 3.28. The van der Waals surface area contributed by atoms with Gasteiger partial charge in [0.25, 0.3) is 0 Å². The monoisotopic (exact) mass is 362 g/mol. The molecule has 2 heterocycles. The fourth-order valence-corrected chi connectivity index (χ4v) is 3.28. The van der Waals surface area contributed by atoms with E-state index in [0.717, 1.165) is 33.4 Å². The number of rotatable bonds is 3. The van der Waals surface area contributed by atoms with Gasteiger partial charge in [-0.3, -0.25) is 15.1 Å². The van der Waals surface area contributed by atoms with Crippen molar-refractivity contribution in [3.05, 3.63) is 58.7 Å². The molecule has 1 aliphatic heterocycles. The summed E-state index contributed by atoms with van der Waals surface area (Å²) in [6, 6.07) is 11.3. The van der Waals surface area contributed by atoms with Crippen LogP contribution in [0, 0.1) is 6.92 Å². The predicted octanol–water partition coefficient (Wildman–Crippen LogP) is 3.47. The molecule has 0 spiro atoms. The molecule has 0 aliphatic carbocycles. The van der Waals surface area contributed by atoms with E-state index in [9.17, 15) is 9.59 Å². The Hall–Kier alpha value is -3.48. The third-order valence-corrected chi connectivity index (χ3v) is 4.52. The zero-order valence-corrected chi connectivity index (χ0v) is 15.0. The number of Topliss-reactive ketones (excluding diaryl/α,β-unsaturated/α-hetero) is 1. The van der Waals surface area contributed by atoms with Crippen molar-refractivity contribution in [1.29, 1.82) is 0 Å². The van der Waals surface area contributed by atoms with Crippen LogP contribution in [0.5, 0.6) is 0 Å². The van der Waals surface area contributed by atoms with Crippen LogP contribution >= 0.6 is 0 Å². The minimum absolute atomic E-state index is 0.0220. The summed E-state index contributed by atoms with van der Waals surface area (Å²) >= 11 is 0. The zero-order chi connectivity index (χ0) is 19.0. The van der Waals surface area contributed by atoms with Crippen LogP contribution in [-0.2, 0) is 4.74 Å². The third kappa shape index (κ3) is 2.97. The predicted molar refractivity (Wildman–Crippen MR) is 103 cm³/mol. The van der Waals surface area contributed by atoms with Gasteiger partial charge in [-0.1, -0.05) is 30.3 Å². The molecule has 3 aromatic rings. The van der Waals surface area contributed by atoms with Gasteiger partial charge < -0.3 is 9.72 Å². The van der Waals surface area contributed by atoms with Crippen LogP contribution in [0.2, 0.25) is 0 Å². The summed E-state index contributed by atoms with van der Waals surface area (Å²) in [5, 5.41) is 2.58. The summed E-state index contributed by atoms with van der Waals surface area (Å²) in [6.45, 7) is 4.11. The Morgan fingerprint density at radius 2 is 1.96 bits per heavy atom. The molecule has 2 N–H and O–H groups in total. The number of nitrogens with zero attached hydrogens (tertiary/aromatic N) is 2. The molecule has 0 bridgehead atoms. The number of aromatic nitrogens is 2. The van der Waals surface area contributed by atoms with Crippen LogP contribution < -0.4 is 5.32 Å². The minimum Gasteiger partial charge on any atom is -0.450 e. The molecule has 0 radical (unpaired) electrons. The summed E-state index contributed by atoms with van der Waals surface area (Å²) in [5.41, 5.74) is 5.66. The number of H-pyrrole nitrogens is 1. The molecule has 7 heteroatoms. The lowest BCUT2D eigenvalue weighted by Crippen LogP contribution is -2.20. The molecule has 0 saturated heterocycles. The number of aliphatic imine (C=N–C) groups is 1. The van der Waals surface area contributed by atoms with Crippen molar-refractivity contribution < 1.29 is 14.3 Å². The molecule has 1 amide bonds. The summed E-state index contributed by atoms with van der Waals surface area (Å²) < 4.78 is 4.88. The number of nitrogens with one attached hydrogen (secondary N) is 2. The topological polar surface area (TPSA) is 96.4 Å². The quantitative estimate of drug-likeness (QED) is 0.745. The van der Waals surface area contributed by atoms with Gasteiger partial charge in [0.2, 0.25) is 5.95 Å². The van der Waals surface area contributed by atoms with Gasteiger partial charge in [0.15, 0.2) is 5.78 Å². The largest absolute Gasteiger partial charge is 0.450 e. The van der Waals surface area contributed by atoms with E-state index in [1.165, 1.54) is 0 Å². The lowest BCUT2D eigenvalue weighted by atomic mass is 9.90. The molecule has 7 nitrogen and oxygen atoms in total. The second kappa shape index (κ2) is 6.68. The molecule has 2 aromatic carbocycles. The highest BCUT2D eigenvalue weighted by atomic mass is 16.5. The SMILES string of the molecule is CCOC(=O)Nc1nc2c(C)c(C3=NCC(=O)c4ccccc43)ccc2[nH]1. The Morgan fingerprint density at radius 3 is 2.74 bits per heavy atom. The summed E-state index contributed by atoms with van der Waals surface area (Å²) in [6.07, 6.45) is -0.557. The number of aryl methyl sites for hydroxylation is 1. The molecule has 27 heavy (non-hydrogen) atoms. The highest BCUT2D eigenvalue weighted by Gasteiger charge is 2.23. The number of ether oxygens (including phenoxy) is 1. The standard InChI is InChI=1S/C20H18N4O3/c1-3-27-20(26)24-19-22-15-9-8-12(11(2)17(15)23-19)18-14-7-5-4-6-13(14)16(25)10-21-18/h4-9H,3,10H2,1-2H3,(H2,22,23,24,26). The number of carbonyl (C=O) groups is 2. The first-order valence-electron chi connectivity index (χ1n) is 8.69. The van der Waals surface area contributed by atoms with Gasteiger partial charge in [0.1, 0.15) is 6.54 Å². The van der Waals surface area contributed by atoms with Crippen molar-refractivity contribution in [2.24, 2.45) is 4.99 Å². The van der Waals surface area contributed by atoms with Crippen molar-refractivity contribution in [2.45, 2.75) is 13.8 Å². The lowest BCUT2D eigenvalue weighted by Gasteiger charge is -2.17. The molecule has 4 rings (SSSR count). The highest BCUT2D eigenvalue weighted by Crippen LogP contribution is 2.27. The molecule has 0 saturated carbocycles. The number of anilines is 1. The van der Waals surface area contributed by atoms with E-state index in [-0.39, 0.29) is 18.9 Å². The van der Waals surface area contributed by atoms with Crippen LogP contribution in [-0.4, -0.2) is 40.7 Å². The normalized spacial score (nSPS) is 13.3. The average molecular weight is 362 g/mol. The van der Waals surface area contributed by atoms with E-state index in [4.69, 9.17) is 4.74 Å². The maximum absolute atomic E-state index is 12.1. The van der Waals surface area contributed by atoms with Crippen molar-refractivity contribution in [3.8, 4) is 0 Å². The number of hydrogen-bond donors (Lipinski definition) is 2. The third-order valence-electron chi connectivity index (χ3n) is 4.52. The molecule has 1 aromatic heterocycles. The number of benzene rings is 2. The molecule has 1 aliphatic rings. The van der Waals surface area contributed by atoms with Crippen LogP contribution in [0.15, 0.2) is 41.4 Å². The van der Waals surface area contributed by atoms with E-state index in [0.29, 0.717) is 11.5 Å². The summed E-state index contributed by atoms with van der Waals surface area (Å²) in [4.78, 5) is 35.8. The van der Waals surface area contributed by atoms with E-state index < -0.39 is 6.09 Å². The average Bonchev–Trinajstić information content (AvgIpc) is 3.07. The smallest absolute Gasteiger partial charge is 0.413 e. The van der Waals surface area contributed by atoms with Crippen molar-refractivity contribution in [3.63, 3.8) is 0 Å². The first-order valence-corrected chi connectivity index (χ1v) is 8.69. The fraction of sp³-hybridized carbons (Fsp3) is 0.200. The molecule has 0 atom stereocenters. The number of aromatic amines is 1. The maximum Gasteiger partial charge on any atom is 0.413 e. The number of ketones is 1. The Morgan fingerprint density at radius 1 is 1.19 bits per heavy atom. The van der Waals surface area contributed by atoms with Crippen molar-refractivity contribution in [1.82, 2.24) is 9.97 Å². The molecule has 0 unspecified atom stereocenters. The zero-order valence-electron chi connectivity index (χ0n) is 15.0. The van der Waals surface area contributed by atoms with Gasteiger partial charge in [0.05, 0.1) is 23.4 Å². The number of imidazole rings is 1. The van der Waals surface area contributed by atoms with E-state index in [1.807, 2.05) is 43.3 Å². The lowest BCUT2D eigenvalue weighted by molar-refractivity contribution is 0.1000. The number of fused-ring (bicyclic) bond motifs is 2. The van der Waals surface area contributed by atoms with Crippen LogP contribution in [0.4, 0.5) is 10.7 Å². The second-order valence-electron chi connectivity index (χ2n) is 6.20. The van der Waals surface area contributed by atoms with Crippen LogP contribution in [0.3, 0.4) is 0 Å². The molecular weight excluding hydrogens is 344 g/mol. The van der Waals surface area contributed by atoms with Crippen LogP contribution in [0.1, 0.15) is 34.0 Å². The van der Waals surface area contributed by atoms with Gasteiger partial charge in [-0.15, -0.1) is 0 Å². The van der Waals surface area contributed by atoms with Gasteiger partial charge >= 0.3 is 6.09 Å². The van der Waals surface area contributed by atoms with Gasteiger partial charge in [0, 0.05) is 16.7 Å². The van der Waals surface area contributed by atoms with Gasteiger partial charge in [-0.2, -0.15) is 0 Å². The Bertz CT molecular complexity index is 1100. The summed E-state index contributed by atoms with van der Waals surface area (Å²) in [5.74, 6) is 0.346. The van der Waals surface area contributed by atoms with Gasteiger partial charge in [-0.25, -0.2) is 9.78 Å². The Labute approximate surface area is 155 Å². The molecular formula is C20H18N4O3. The van der Waals surface area contributed by atoms with Crippen molar-refractivity contribution >= 4 is 34.6 Å².